The van der Waals surface area contributed by atoms with Crippen molar-refractivity contribution in [3.8, 4) is 0 Å². The Kier molecular flexibility index (Phi) is 3.55. The normalized spacial score (nSPS) is 20.2. The summed E-state index contributed by atoms with van der Waals surface area (Å²) in [5.74, 6) is 1.47. The Morgan fingerprint density at radius 2 is 2.12 bits per heavy atom. The van der Waals surface area contributed by atoms with E-state index in [1.165, 1.54) is 12.8 Å². The third-order valence-corrected chi connectivity index (χ3v) is 5.45. The Bertz CT molecular complexity index is 1020. The van der Waals surface area contributed by atoms with E-state index in [0.29, 0.717) is 12.5 Å². The van der Waals surface area contributed by atoms with E-state index in [2.05, 4.69) is 25.0 Å². The molecule has 2 fully saturated rings. The van der Waals surface area contributed by atoms with Crippen LogP contribution in [0.2, 0.25) is 0 Å². The van der Waals surface area contributed by atoms with E-state index in [0.717, 1.165) is 47.6 Å². The number of aromatic amines is 1. The summed E-state index contributed by atoms with van der Waals surface area (Å²) < 4.78 is 1.65. The minimum Gasteiger partial charge on any atom is -0.354 e. The number of fused-ring (bicyclic) bond motifs is 1. The Morgan fingerprint density at radius 3 is 2.96 bits per heavy atom. The minimum atomic E-state index is -0.0233. The summed E-state index contributed by atoms with van der Waals surface area (Å²) in [5.41, 5.74) is 4.02. The SMILES string of the molecule is Cc1cc2ncnc(N3CCCC3Cn3nc(C4CC4)ccc3=O)c2[nH]1. The molecule has 0 bridgehead atoms. The molecule has 0 radical (unpaired) electrons. The van der Waals surface area contributed by atoms with E-state index in [4.69, 9.17) is 0 Å². The molecule has 1 aliphatic carbocycles. The second-order valence-corrected chi connectivity index (χ2v) is 7.45. The molecule has 2 aliphatic rings. The zero-order valence-electron chi connectivity index (χ0n) is 14.9. The van der Waals surface area contributed by atoms with Gasteiger partial charge in [-0.05, 0) is 44.7 Å². The highest BCUT2D eigenvalue weighted by Crippen LogP contribution is 2.38. The van der Waals surface area contributed by atoms with Crippen LogP contribution in [0.3, 0.4) is 0 Å². The average Bonchev–Trinajstić information content (AvgIpc) is 3.26. The van der Waals surface area contributed by atoms with Crippen LogP contribution in [0.5, 0.6) is 0 Å². The third kappa shape index (κ3) is 2.67. The lowest BCUT2D eigenvalue weighted by atomic mass is 10.2. The molecule has 0 amide bonds. The predicted molar refractivity (Wildman–Crippen MR) is 99.5 cm³/mol. The smallest absolute Gasteiger partial charge is 0.266 e. The van der Waals surface area contributed by atoms with Crippen molar-refractivity contribution in [1.82, 2.24) is 24.7 Å². The molecule has 7 nitrogen and oxygen atoms in total. The topological polar surface area (TPSA) is 79.7 Å². The van der Waals surface area contributed by atoms with Crippen molar-refractivity contribution < 1.29 is 0 Å². The summed E-state index contributed by atoms with van der Waals surface area (Å²) in [4.78, 5) is 26.9. The molecule has 1 N–H and O–H groups in total. The minimum absolute atomic E-state index is 0.0233. The molecule has 1 saturated carbocycles. The maximum atomic E-state index is 12.3. The van der Waals surface area contributed by atoms with Gasteiger partial charge in [0.05, 0.1) is 23.8 Å². The molecule has 134 valence electrons. The van der Waals surface area contributed by atoms with E-state index < -0.39 is 0 Å². The van der Waals surface area contributed by atoms with Gasteiger partial charge in [-0.2, -0.15) is 5.10 Å². The van der Waals surface area contributed by atoms with Crippen molar-refractivity contribution in [1.29, 1.82) is 0 Å². The Balaban J connectivity index is 1.47. The van der Waals surface area contributed by atoms with Crippen molar-refractivity contribution in [3.63, 3.8) is 0 Å². The number of aryl methyl sites for hydroxylation is 1. The highest BCUT2D eigenvalue weighted by molar-refractivity contribution is 5.87. The first-order valence-corrected chi connectivity index (χ1v) is 9.34. The molecule has 1 aliphatic heterocycles. The number of hydrogen-bond donors (Lipinski definition) is 1. The highest BCUT2D eigenvalue weighted by atomic mass is 16.1. The summed E-state index contributed by atoms with van der Waals surface area (Å²) in [6, 6.07) is 5.81. The summed E-state index contributed by atoms with van der Waals surface area (Å²) in [7, 11) is 0. The van der Waals surface area contributed by atoms with Crippen LogP contribution in [0, 0.1) is 6.92 Å². The maximum absolute atomic E-state index is 12.3. The van der Waals surface area contributed by atoms with E-state index in [-0.39, 0.29) is 11.6 Å². The lowest BCUT2D eigenvalue weighted by Gasteiger charge is -2.26. The van der Waals surface area contributed by atoms with Gasteiger partial charge in [0.1, 0.15) is 11.8 Å². The molecule has 1 saturated heterocycles. The number of anilines is 1. The average molecular weight is 350 g/mol. The molecular weight excluding hydrogens is 328 g/mol. The van der Waals surface area contributed by atoms with Crippen molar-refractivity contribution in [3.05, 3.63) is 46.3 Å². The molecule has 3 aromatic heterocycles. The molecule has 3 aromatic rings. The lowest BCUT2D eigenvalue weighted by Crippen LogP contribution is -2.37. The monoisotopic (exact) mass is 350 g/mol. The van der Waals surface area contributed by atoms with Gasteiger partial charge in [-0.15, -0.1) is 0 Å². The molecule has 0 aromatic carbocycles. The van der Waals surface area contributed by atoms with E-state index in [1.807, 2.05) is 19.1 Å². The fourth-order valence-corrected chi connectivity index (χ4v) is 3.97. The van der Waals surface area contributed by atoms with Crippen molar-refractivity contribution in [2.45, 2.75) is 51.1 Å². The number of rotatable bonds is 4. The summed E-state index contributed by atoms with van der Waals surface area (Å²) >= 11 is 0. The second kappa shape index (κ2) is 5.93. The number of hydrogen-bond acceptors (Lipinski definition) is 5. The molecule has 26 heavy (non-hydrogen) atoms. The number of H-pyrrole nitrogens is 1. The van der Waals surface area contributed by atoms with Gasteiger partial charge in [-0.25, -0.2) is 14.6 Å². The van der Waals surface area contributed by atoms with E-state index in [1.54, 1.807) is 17.1 Å². The zero-order valence-corrected chi connectivity index (χ0v) is 14.9. The Labute approximate surface area is 151 Å². The Hall–Kier alpha value is -2.70. The van der Waals surface area contributed by atoms with Gasteiger partial charge in [0.25, 0.3) is 5.56 Å². The van der Waals surface area contributed by atoms with Gasteiger partial charge in [0.2, 0.25) is 0 Å². The van der Waals surface area contributed by atoms with Crippen LogP contribution in [0.4, 0.5) is 5.82 Å². The number of aromatic nitrogens is 5. The van der Waals surface area contributed by atoms with Gasteiger partial charge in [0, 0.05) is 24.2 Å². The number of nitrogens with zero attached hydrogens (tertiary/aromatic N) is 5. The fourth-order valence-electron chi connectivity index (χ4n) is 3.97. The van der Waals surface area contributed by atoms with Crippen LogP contribution >= 0.6 is 0 Å². The quantitative estimate of drug-likeness (QED) is 0.781. The van der Waals surface area contributed by atoms with Crippen LogP contribution in [-0.2, 0) is 6.54 Å². The largest absolute Gasteiger partial charge is 0.354 e. The predicted octanol–water partition coefficient (Wildman–Crippen LogP) is 2.37. The fraction of sp³-hybridized carbons (Fsp3) is 0.474. The third-order valence-electron chi connectivity index (χ3n) is 5.45. The van der Waals surface area contributed by atoms with E-state index >= 15 is 0 Å². The summed E-state index contributed by atoms with van der Waals surface area (Å²) in [6.07, 6.45) is 6.12. The summed E-state index contributed by atoms with van der Waals surface area (Å²) in [6.45, 7) is 3.57. The van der Waals surface area contributed by atoms with Gasteiger partial charge in [-0.3, -0.25) is 4.79 Å². The Morgan fingerprint density at radius 1 is 1.23 bits per heavy atom. The van der Waals surface area contributed by atoms with Crippen molar-refractivity contribution in [2.75, 3.05) is 11.4 Å². The standard InChI is InChI=1S/C19H22N6O/c1-12-9-16-18(22-12)19(21-11-20-16)24-8-2-3-14(24)10-25-17(26)7-6-15(23-25)13-4-5-13/h6-7,9,11,13-14,22H,2-5,8,10H2,1H3. The highest BCUT2D eigenvalue weighted by Gasteiger charge is 2.30. The van der Waals surface area contributed by atoms with Gasteiger partial charge in [0.15, 0.2) is 5.82 Å². The van der Waals surface area contributed by atoms with Crippen LogP contribution in [-0.4, -0.2) is 37.3 Å². The lowest BCUT2D eigenvalue weighted by molar-refractivity contribution is 0.481. The summed E-state index contributed by atoms with van der Waals surface area (Å²) in [5, 5.41) is 4.63. The van der Waals surface area contributed by atoms with Crippen LogP contribution in [0.1, 0.15) is 43.0 Å². The second-order valence-electron chi connectivity index (χ2n) is 7.45. The van der Waals surface area contributed by atoms with Crippen LogP contribution in [0.15, 0.2) is 29.3 Å². The molecule has 0 spiro atoms. The molecule has 1 atom stereocenters. The van der Waals surface area contributed by atoms with Gasteiger partial charge >= 0.3 is 0 Å². The first-order chi connectivity index (χ1) is 12.7. The van der Waals surface area contributed by atoms with Gasteiger partial charge < -0.3 is 9.88 Å². The van der Waals surface area contributed by atoms with Crippen molar-refractivity contribution >= 4 is 16.9 Å². The van der Waals surface area contributed by atoms with Crippen molar-refractivity contribution in [2.24, 2.45) is 0 Å². The molecule has 5 rings (SSSR count). The molecular formula is C19H22N6O. The first kappa shape index (κ1) is 15.5. The van der Waals surface area contributed by atoms with Crippen LogP contribution < -0.4 is 10.5 Å². The van der Waals surface area contributed by atoms with E-state index in [9.17, 15) is 4.79 Å². The molecule has 4 heterocycles. The first-order valence-electron chi connectivity index (χ1n) is 9.34. The molecule has 7 heteroatoms. The maximum Gasteiger partial charge on any atom is 0.266 e. The molecule has 1 unspecified atom stereocenters. The van der Waals surface area contributed by atoms with Crippen LogP contribution in [0.25, 0.3) is 11.0 Å². The van der Waals surface area contributed by atoms with Gasteiger partial charge in [-0.1, -0.05) is 0 Å². The zero-order chi connectivity index (χ0) is 17.7. The number of nitrogens with one attached hydrogen (secondary N) is 1.